The van der Waals surface area contributed by atoms with Crippen LogP contribution in [-0.4, -0.2) is 11.9 Å². The molecule has 1 aliphatic rings. The predicted octanol–water partition coefficient (Wildman–Crippen LogP) is 3.42. The largest absolute Gasteiger partial charge is 0.272 e. The van der Waals surface area contributed by atoms with Crippen molar-refractivity contribution in [3.05, 3.63) is 35.4 Å². The van der Waals surface area contributed by atoms with E-state index in [9.17, 15) is 4.79 Å². The Hall–Kier alpha value is -1.71. The van der Waals surface area contributed by atoms with Gasteiger partial charge in [0.1, 0.15) is 0 Å². The standard InChI is InChI=1S/C14H19N3O/c1-11-7-9-12(10-8-11)14(18)16-17-15-13-5-3-2-4-6-13/h7-10,13H,2-6H2,1H3,(H,15,16,18). The SMILES string of the molecule is Cc1ccc(C(=O)NN=NC2CCCCC2)cc1. The molecule has 0 radical (unpaired) electrons. The molecule has 2 rings (SSSR count). The minimum absolute atomic E-state index is 0.199. The second-order valence-electron chi connectivity index (χ2n) is 4.81. The van der Waals surface area contributed by atoms with Crippen LogP contribution in [0.5, 0.6) is 0 Å². The minimum Gasteiger partial charge on any atom is -0.267 e. The first-order valence-corrected chi connectivity index (χ1v) is 6.52. The maximum atomic E-state index is 11.7. The smallest absolute Gasteiger partial charge is 0.267 e. The Labute approximate surface area is 107 Å². The summed E-state index contributed by atoms with van der Waals surface area (Å²) in [6, 6.07) is 7.69. The fourth-order valence-electron chi connectivity index (χ4n) is 2.12. The number of aryl methyl sites for hydroxylation is 1. The van der Waals surface area contributed by atoms with E-state index in [1.807, 2.05) is 19.1 Å². The Bertz CT molecular complexity index is 419. The maximum Gasteiger partial charge on any atom is 0.272 e. The van der Waals surface area contributed by atoms with E-state index in [-0.39, 0.29) is 11.9 Å². The lowest BCUT2D eigenvalue weighted by Crippen LogP contribution is -2.18. The highest BCUT2D eigenvalue weighted by molar-refractivity contribution is 5.93. The first-order valence-electron chi connectivity index (χ1n) is 6.52. The third-order valence-corrected chi connectivity index (χ3v) is 3.26. The molecule has 1 aromatic carbocycles. The number of rotatable bonds is 3. The minimum atomic E-state index is -0.199. The van der Waals surface area contributed by atoms with Crippen molar-refractivity contribution < 1.29 is 4.79 Å². The molecule has 0 atom stereocenters. The molecule has 1 N–H and O–H groups in total. The van der Waals surface area contributed by atoms with E-state index in [4.69, 9.17) is 0 Å². The molecule has 18 heavy (non-hydrogen) atoms. The fraction of sp³-hybridized carbons (Fsp3) is 0.500. The summed E-state index contributed by atoms with van der Waals surface area (Å²) in [5.41, 5.74) is 4.23. The molecule has 1 aromatic rings. The lowest BCUT2D eigenvalue weighted by molar-refractivity contribution is 0.0950. The van der Waals surface area contributed by atoms with Crippen molar-refractivity contribution in [2.24, 2.45) is 10.3 Å². The van der Waals surface area contributed by atoms with E-state index < -0.39 is 0 Å². The van der Waals surface area contributed by atoms with E-state index in [0.29, 0.717) is 5.56 Å². The van der Waals surface area contributed by atoms with E-state index in [1.165, 1.54) is 19.3 Å². The third kappa shape index (κ3) is 3.65. The van der Waals surface area contributed by atoms with Crippen LogP contribution in [0.2, 0.25) is 0 Å². The highest BCUT2D eigenvalue weighted by Gasteiger charge is 2.12. The van der Waals surface area contributed by atoms with E-state index in [1.54, 1.807) is 12.1 Å². The van der Waals surface area contributed by atoms with Crippen LogP contribution in [0, 0.1) is 6.92 Å². The van der Waals surface area contributed by atoms with Gasteiger partial charge >= 0.3 is 0 Å². The van der Waals surface area contributed by atoms with E-state index >= 15 is 0 Å². The molecule has 4 nitrogen and oxygen atoms in total. The van der Waals surface area contributed by atoms with Crippen LogP contribution in [0.4, 0.5) is 0 Å². The zero-order chi connectivity index (χ0) is 12.8. The Kier molecular flexibility index (Phi) is 4.45. The number of carbonyl (C=O) groups is 1. The molecule has 96 valence electrons. The Balaban J connectivity index is 1.83. The van der Waals surface area contributed by atoms with Gasteiger partial charge in [-0.25, -0.2) is 5.43 Å². The molecular weight excluding hydrogens is 226 g/mol. The Morgan fingerprint density at radius 3 is 2.50 bits per heavy atom. The molecule has 1 saturated carbocycles. The zero-order valence-corrected chi connectivity index (χ0v) is 10.7. The van der Waals surface area contributed by atoms with Crippen LogP contribution in [0.3, 0.4) is 0 Å². The summed E-state index contributed by atoms with van der Waals surface area (Å²) >= 11 is 0. The lowest BCUT2D eigenvalue weighted by Gasteiger charge is -2.15. The Morgan fingerprint density at radius 1 is 1.17 bits per heavy atom. The highest BCUT2D eigenvalue weighted by Crippen LogP contribution is 2.20. The molecule has 0 spiro atoms. The molecule has 1 aliphatic carbocycles. The molecule has 4 heteroatoms. The molecule has 0 aromatic heterocycles. The molecule has 1 amide bonds. The van der Waals surface area contributed by atoms with Gasteiger partial charge in [-0.3, -0.25) is 4.79 Å². The van der Waals surface area contributed by atoms with Crippen molar-refractivity contribution >= 4 is 5.91 Å². The first-order chi connectivity index (χ1) is 8.75. The second-order valence-corrected chi connectivity index (χ2v) is 4.81. The lowest BCUT2D eigenvalue weighted by atomic mass is 9.96. The topological polar surface area (TPSA) is 53.8 Å². The van der Waals surface area contributed by atoms with Crippen molar-refractivity contribution in [2.75, 3.05) is 0 Å². The highest BCUT2D eigenvalue weighted by atomic mass is 16.2. The van der Waals surface area contributed by atoms with Gasteiger partial charge in [0.15, 0.2) is 0 Å². The predicted molar refractivity (Wildman–Crippen MR) is 70.4 cm³/mol. The van der Waals surface area contributed by atoms with Crippen LogP contribution in [-0.2, 0) is 0 Å². The van der Waals surface area contributed by atoms with Crippen molar-refractivity contribution in [3.8, 4) is 0 Å². The third-order valence-electron chi connectivity index (χ3n) is 3.26. The molecule has 0 bridgehead atoms. The monoisotopic (exact) mass is 245 g/mol. The summed E-state index contributed by atoms with van der Waals surface area (Å²) in [5, 5.41) is 7.98. The average molecular weight is 245 g/mol. The second kappa shape index (κ2) is 6.28. The van der Waals surface area contributed by atoms with E-state index in [2.05, 4.69) is 15.8 Å². The van der Waals surface area contributed by atoms with Gasteiger partial charge in [-0.2, -0.15) is 5.11 Å². The summed E-state index contributed by atoms with van der Waals surface area (Å²) in [4.78, 5) is 11.7. The van der Waals surface area contributed by atoms with Crippen LogP contribution in [0.25, 0.3) is 0 Å². The van der Waals surface area contributed by atoms with E-state index in [0.717, 1.165) is 18.4 Å². The van der Waals surface area contributed by atoms with Gasteiger partial charge in [-0.1, -0.05) is 42.2 Å². The average Bonchev–Trinajstić information content (AvgIpc) is 2.40. The van der Waals surface area contributed by atoms with Gasteiger partial charge in [0.25, 0.3) is 5.91 Å². The molecular formula is C14H19N3O. The maximum absolute atomic E-state index is 11.7. The van der Waals surface area contributed by atoms with Crippen LogP contribution < -0.4 is 5.43 Å². The fourth-order valence-corrected chi connectivity index (χ4v) is 2.12. The van der Waals surface area contributed by atoms with Crippen molar-refractivity contribution in [2.45, 2.75) is 45.1 Å². The van der Waals surface area contributed by atoms with Gasteiger partial charge in [0.05, 0.1) is 6.04 Å². The summed E-state index contributed by atoms with van der Waals surface area (Å²) < 4.78 is 0. The summed E-state index contributed by atoms with van der Waals surface area (Å²) in [6.07, 6.45) is 5.90. The molecule has 0 saturated heterocycles. The number of hydrogen-bond acceptors (Lipinski definition) is 3. The normalized spacial score (nSPS) is 16.9. The van der Waals surface area contributed by atoms with Crippen LogP contribution in [0.15, 0.2) is 34.6 Å². The van der Waals surface area contributed by atoms with Gasteiger partial charge < -0.3 is 0 Å². The number of carbonyl (C=O) groups excluding carboxylic acids is 1. The summed E-state index contributed by atoms with van der Waals surface area (Å²) in [6.45, 7) is 1.99. The number of benzene rings is 1. The Morgan fingerprint density at radius 2 is 1.83 bits per heavy atom. The van der Waals surface area contributed by atoms with Gasteiger partial charge in [-0.05, 0) is 31.9 Å². The molecule has 0 aliphatic heterocycles. The van der Waals surface area contributed by atoms with Crippen LogP contribution in [0.1, 0.15) is 48.0 Å². The first kappa shape index (κ1) is 12.7. The molecule has 0 unspecified atom stereocenters. The number of nitrogens with zero attached hydrogens (tertiary/aromatic N) is 2. The quantitative estimate of drug-likeness (QED) is 0.643. The van der Waals surface area contributed by atoms with Crippen molar-refractivity contribution in [1.29, 1.82) is 0 Å². The molecule has 0 heterocycles. The summed E-state index contributed by atoms with van der Waals surface area (Å²) in [5.74, 6) is -0.199. The number of hydrogen-bond donors (Lipinski definition) is 1. The van der Waals surface area contributed by atoms with Gasteiger partial charge in [-0.15, -0.1) is 0 Å². The summed E-state index contributed by atoms with van der Waals surface area (Å²) in [7, 11) is 0. The van der Waals surface area contributed by atoms with Gasteiger partial charge in [0.2, 0.25) is 0 Å². The molecule has 1 fully saturated rings. The van der Waals surface area contributed by atoms with Gasteiger partial charge in [0, 0.05) is 5.56 Å². The number of amides is 1. The van der Waals surface area contributed by atoms with Crippen LogP contribution >= 0.6 is 0 Å². The van der Waals surface area contributed by atoms with Crippen molar-refractivity contribution in [3.63, 3.8) is 0 Å². The number of nitrogens with one attached hydrogen (secondary N) is 1. The van der Waals surface area contributed by atoms with Crippen molar-refractivity contribution in [1.82, 2.24) is 5.43 Å². The zero-order valence-electron chi connectivity index (χ0n) is 10.7.